The predicted octanol–water partition coefficient (Wildman–Crippen LogP) is 4.28. The number of hydrogen-bond donors (Lipinski definition) is 0. The minimum Gasteiger partial charge on any atom is -0.326 e. The zero-order valence-corrected chi connectivity index (χ0v) is 17.2. The first-order valence-corrected chi connectivity index (χ1v) is 13.0. The molecule has 0 bridgehead atoms. The normalized spacial score (nSPS) is 16.1. The maximum absolute atomic E-state index is 6.31. The summed E-state index contributed by atoms with van der Waals surface area (Å²) in [4.78, 5) is 0. The molecule has 0 aliphatic carbocycles. The van der Waals surface area contributed by atoms with E-state index in [1.807, 2.05) is 20.5 Å². The van der Waals surface area contributed by atoms with Crippen LogP contribution in [0.25, 0.3) is 0 Å². The van der Waals surface area contributed by atoms with Gasteiger partial charge >= 0.3 is 0 Å². The van der Waals surface area contributed by atoms with E-state index in [0.717, 1.165) is 26.2 Å². The van der Waals surface area contributed by atoms with Gasteiger partial charge in [-0.05, 0) is 37.5 Å². The fourth-order valence-electron chi connectivity index (χ4n) is 2.04. The average Bonchev–Trinajstić information content (AvgIpc) is 2.28. The molecule has 1 atom stereocenters. The first kappa shape index (κ1) is 21.1. The van der Waals surface area contributed by atoms with Crippen molar-refractivity contribution in [2.75, 3.05) is 32.8 Å². The lowest BCUT2D eigenvalue weighted by Crippen LogP contribution is -2.32. The Bertz CT molecular complexity index is 356. The summed E-state index contributed by atoms with van der Waals surface area (Å²) in [6.07, 6.45) is 0.0580. The minimum atomic E-state index is -2.34. The molecule has 1 unspecified atom stereocenters. The summed E-state index contributed by atoms with van der Waals surface area (Å²) in [6, 6.07) is 0. The molecule has 0 radical (unpaired) electrons. The van der Waals surface area contributed by atoms with Gasteiger partial charge in [-0.15, -0.1) is 0 Å². The van der Waals surface area contributed by atoms with Crippen LogP contribution in [0.1, 0.15) is 41.5 Å². The maximum atomic E-state index is 6.31. The van der Waals surface area contributed by atoms with E-state index >= 15 is 0 Å². The van der Waals surface area contributed by atoms with Crippen LogP contribution in [-0.4, -0.2) is 48.3 Å². The van der Waals surface area contributed by atoms with Crippen molar-refractivity contribution in [3.8, 4) is 0 Å². The van der Waals surface area contributed by atoms with E-state index in [0.29, 0.717) is 0 Å². The van der Waals surface area contributed by atoms with Gasteiger partial charge in [-0.2, -0.15) is 0 Å². The monoisotopic (exact) mass is 360 g/mol. The molecule has 122 valence electrons. The van der Waals surface area contributed by atoms with Crippen molar-refractivity contribution in [1.29, 1.82) is 0 Å². The van der Waals surface area contributed by atoms with Gasteiger partial charge < -0.3 is 4.52 Å². The van der Waals surface area contributed by atoms with Crippen molar-refractivity contribution in [3.63, 3.8) is 0 Å². The van der Waals surface area contributed by atoms with Crippen LogP contribution in [0.2, 0.25) is 0 Å². The summed E-state index contributed by atoms with van der Waals surface area (Å²) >= 11 is 11.5. The van der Waals surface area contributed by atoms with E-state index in [-0.39, 0.29) is 6.10 Å². The summed E-state index contributed by atoms with van der Waals surface area (Å²) in [5.41, 5.74) is 0. The lowest BCUT2D eigenvalue weighted by molar-refractivity contribution is 0.239. The summed E-state index contributed by atoms with van der Waals surface area (Å²) in [5, 5.41) is 0. The molecule has 8 heteroatoms. The molecular formula is C12H30N2O2P2S2. The molecule has 0 saturated carbocycles. The Morgan fingerprint density at radius 1 is 0.900 bits per heavy atom. The van der Waals surface area contributed by atoms with Crippen LogP contribution in [-0.2, 0) is 32.4 Å². The molecular weight excluding hydrogens is 330 g/mol. The van der Waals surface area contributed by atoms with Crippen LogP contribution < -0.4 is 0 Å². The smallest absolute Gasteiger partial charge is 0.209 e. The van der Waals surface area contributed by atoms with Gasteiger partial charge in [0.25, 0.3) is 0 Å². The van der Waals surface area contributed by atoms with Crippen LogP contribution >= 0.6 is 13.1 Å². The van der Waals surface area contributed by atoms with Crippen LogP contribution in [0.5, 0.6) is 0 Å². The van der Waals surface area contributed by atoms with Gasteiger partial charge in [0.2, 0.25) is 6.57 Å². The molecule has 0 fully saturated rings. The standard InChI is InChI=1S/C12H30N2O2P2S2/c1-8-13(9-2)18(20,14(10-3)11-4)16-17(7,19)15-12(5)6/h12H,8-11H2,1-7H3. The molecule has 0 rings (SSSR count). The van der Waals surface area contributed by atoms with Crippen LogP contribution in [0.15, 0.2) is 0 Å². The van der Waals surface area contributed by atoms with E-state index in [9.17, 15) is 0 Å². The molecule has 0 aromatic rings. The Hall–Kier alpha value is 1.14. The van der Waals surface area contributed by atoms with Crippen molar-refractivity contribution in [2.24, 2.45) is 0 Å². The summed E-state index contributed by atoms with van der Waals surface area (Å²) in [5.74, 6) is 0. The third kappa shape index (κ3) is 6.10. The summed E-state index contributed by atoms with van der Waals surface area (Å²) in [7, 11) is 0. The van der Waals surface area contributed by atoms with E-state index in [4.69, 9.17) is 32.4 Å². The van der Waals surface area contributed by atoms with Gasteiger partial charge in [-0.3, -0.25) is 4.31 Å². The van der Waals surface area contributed by atoms with E-state index < -0.39 is 13.1 Å². The fourth-order valence-corrected chi connectivity index (χ4v) is 11.4. The van der Waals surface area contributed by atoms with Gasteiger partial charge in [0.15, 0.2) is 6.49 Å². The zero-order valence-electron chi connectivity index (χ0n) is 13.8. The van der Waals surface area contributed by atoms with Crippen molar-refractivity contribution in [1.82, 2.24) is 9.34 Å². The van der Waals surface area contributed by atoms with Crippen LogP contribution in [0.3, 0.4) is 0 Å². The molecule has 0 heterocycles. The predicted molar refractivity (Wildman–Crippen MR) is 97.6 cm³/mol. The Morgan fingerprint density at radius 3 is 1.50 bits per heavy atom. The SMILES string of the molecule is CCN(CC)P(=S)(OP(C)(=S)OC(C)C)N(CC)CC. The number of rotatable bonds is 10. The Balaban J connectivity index is 5.44. The quantitative estimate of drug-likeness (QED) is 0.540. The van der Waals surface area contributed by atoms with Gasteiger partial charge in [0, 0.05) is 32.8 Å². The van der Waals surface area contributed by atoms with Crippen molar-refractivity contribution in [2.45, 2.75) is 47.6 Å². The second kappa shape index (κ2) is 9.32. The van der Waals surface area contributed by atoms with Gasteiger partial charge in [-0.1, -0.05) is 27.7 Å². The van der Waals surface area contributed by atoms with Gasteiger partial charge in [0.05, 0.1) is 6.10 Å². The molecule has 0 saturated heterocycles. The van der Waals surface area contributed by atoms with Gasteiger partial charge in [-0.25, -0.2) is 9.34 Å². The lowest BCUT2D eigenvalue weighted by atomic mass is 10.5. The van der Waals surface area contributed by atoms with Crippen LogP contribution in [0, 0.1) is 0 Å². The maximum Gasteiger partial charge on any atom is 0.209 e. The summed E-state index contributed by atoms with van der Waals surface area (Å²) < 4.78 is 16.6. The van der Waals surface area contributed by atoms with Crippen molar-refractivity contribution >= 4 is 36.7 Å². The second-order valence-corrected chi connectivity index (χ2v) is 12.7. The Labute approximate surface area is 135 Å². The first-order chi connectivity index (χ1) is 9.16. The second-order valence-electron chi connectivity index (χ2n) is 4.78. The highest BCUT2D eigenvalue weighted by molar-refractivity contribution is 8.17. The van der Waals surface area contributed by atoms with Crippen molar-refractivity contribution < 1.29 is 8.83 Å². The van der Waals surface area contributed by atoms with Crippen molar-refractivity contribution in [3.05, 3.63) is 0 Å². The van der Waals surface area contributed by atoms with E-state index in [2.05, 4.69) is 37.0 Å². The average molecular weight is 360 g/mol. The third-order valence-corrected chi connectivity index (χ3v) is 11.1. The molecule has 20 heavy (non-hydrogen) atoms. The number of nitrogens with zero attached hydrogens (tertiary/aromatic N) is 2. The highest BCUT2D eigenvalue weighted by Gasteiger charge is 2.35. The number of hydrogen-bond acceptors (Lipinski definition) is 4. The largest absolute Gasteiger partial charge is 0.326 e. The van der Waals surface area contributed by atoms with Gasteiger partial charge in [0.1, 0.15) is 0 Å². The molecule has 4 nitrogen and oxygen atoms in total. The lowest BCUT2D eigenvalue weighted by Gasteiger charge is -2.42. The third-order valence-electron chi connectivity index (χ3n) is 2.83. The minimum absolute atomic E-state index is 0.0580. The molecule has 0 N–H and O–H groups in total. The Morgan fingerprint density at radius 2 is 1.25 bits per heavy atom. The van der Waals surface area contributed by atoms with E-state index in [1.54, 1.807) is 0 Å². The highest BCUT2D eigenvalue weighted by atomic mass is 32.5. The van der Waals surface area contributed by atoms with Crippen LogP contribution in [0.4, 0.5) is 0 Å². The zero-order chi connectivity index (χ0) is 16.0. The Kier molecular flexibility index (Phi) is 9.85. The topological polar surface area (TPSA) is 24.9 Å². The first-order valence-electron chi connectivity index (χ1n) is 7.24. The fraction of sp³-hybridized carbons (Fsp3) is 1.00. The summed E-state index contributed by atoms with van der Waals surface area (Å²) in [6.45, 7) is 13.1. The molecule has 0 aliphatic rings. The highest BCUT2D eigenvalue weighted by Crippen LogP contribution is 2.66. The molecule has 0 amide bonds. The van der Waals surface area contributed by atoms with E-state index in [1.165, 1.54) is 0 Å². The molecule has 0 aliphatic heterocycles. The molecule has 0 aromatic heterocycles. The molecule has 0 spiro atoms. The molecule has 0 aromatic carbocycles.